The topological polar surface area (TPSA) is 101 Å². The highest BCUT2D eigenvalue weighted by Gasteiger charge is 2.37. The van der Waals surface area contributed by atoms with E-state index < -0.39 is 32.7 Å². The second-order valence-electron chi connectivity index (χ2n) is 4.18. The van der Waals surface area contributed by atoms with E-state index in [1.54, 1.807) is 18.2 Å². The monoisotopic (exact) mass is 370 g/mol. The van der Waals surface area contributed by atoms with Gasteiger partial charge in [-0.05, 0) is 12.1 Å². The third-order valence-corrected chi connectivity index (χ3v) is 4.64. The van der Waals surface area contributed by atoms with E-state index in [2.05, 4.69) is 0 Å². The van der Waals surface area contributed by atoms with Crippen molar-refractivity contribution < 1.29 is 26.4 Å². The van der Waals surface area contributed by atoms with Crippen molar-refractivity contribution in [3.8, 4) is 5.75 Å². The summed E-state index contributed by atoms with van der Waals surface area (Å²) in [7, 11) is -8.29. The molecule has 0 aliphatic heterocycles. The maximum Gasteiger partial charge on any atom is 0.445 e. The van der Waals surface area contributed by atoms with E-state index in [0.717, 1.165) is 6.26 Å². The molecule has 1 rings (SSSR count). The number of rotatable bonds is 6. The average molecular weight is 371 g/mol. The summed E-state index contributed by atoms with van der Waals surface area (Å²) < 4.78 is 52.3. The average Bonchev–Trinajstić information content (AvgIpc) is 2.36. The summed E-state index contributed by atoms with van der Waals surface area (Å²) in [6.45, 7) is -0.405. The van der Waals surface area contributed by atoms with Crippen molar-refractivity contribution in [1.82, 2.24) is 8.83 Å². The molecule has 0 atom stereocenters. The number of benzene rings is 1. The van der Waals surface area contributed by atoms with E-state index >= 15 is 0 Å². The number of alkyl halides is 1. The zero-order chi connectivity index (χ0) is 17.0. The Balaban J connectivity index is 3.20. The van der Waals surface area contributed by atoms with Crippen LogP contribution in [0.25, 0.3) is 0 Å². The molecule has 0 radical (unpaired) electrons. The van der Waals surface area contributed by atoms with Gasteiger partial charge in [0.25, 0.3) is 10.0 Å². The van der Waals surface area contributed by atoms with Crippen molar-refractivity contribution in [3.05, 3.63) is 30.3 Å². The van der Waals surface area contributed by atoms with Crippen LogP contribution in [-0.2, 0) is 20.0 Å². The second-order valence-corrected chi connectivity index (χ2v) is 8.26. The molecule has 0 spiro atoms. The van der Waals surface area contributed by atoms with Crippen LogP contribution >= 0.6 is 11.6 Å². The van der Waals surface area contributed by atoms with Crippen molar-refractivity contribution >= 4 is 37.7 Å². The van der Waals surface area contributed by atoms with E-state index in [1.165, 1.54) is 12.1 Å². The number of hydrogen-bond donors (Lipinski definition) is 0. The van der Waals surface area contributed by atoms with Gasteiger partial charge in [-0.3, -0.25) is 0 Å². The number of hydrazine groups is 1. The Hall–Kier alpha value is -1.36. The van der Waals surface area contributed by atoms with Gasteiger partial charge in [-0.25, -0.2) is 21.6 Å². The molecular weight excluding hydrogens is 356 g/mol. The summed E-state index contributed by atoms with van der Waals surface area (Å²) in [5.74, 6) is -0.141. The molecule has 22 heavy (non-hydrogen) atoms. The van der Waals surface area contributed by atoms with E-state index in [-0.39, 0.29) is 16.0 Å². The fraction of sp³-hybridized carbons (Fsp3) is 0.364. The van der Waals surface area contributed by atoms with Crippen molar-refractivity contribution in [3.63, 3.8) is 0 Å². The predicted molar refractivity (Wildman–Crippen MR) is 81.4 cm³/mol. The van der Waals surface area contributed by atoms with Gasteiger partial charge in [0.15, 0.2) is 0 Å². The van der Waals surface area contributed by atoms with Gasteiger partial charge in [-0.15, -0.1) is 16.0 Å². The largest absolute Gasteiger partial charge is 0.445 e. The molecule has 0 bridgehead atoms. The Morgan fingerprint density at radius 2 is 1.64 bits per heavy atom. The minimum atomic E-state index is -4.24. The predicted octanol–water partition coefficient (Wildman–Crippen LogP) is 0.862. The highest BCUT2D eigenvalue weighted by Crippen LogP contribution is 2.16. The first kappa shape index (κ1) is 18.7. The quantitative estimate of drug-likeness (QED) is 0.543. The molecule has 0 aromatic heterocycles. The molecule has 1 amide bonds. The first-order valence-corrected chi connectivity index (χ1v) is 10.1. The molecule has 11 heteroatoms. The van der Waals surface area contributed by atoms with Crippen LogP contribution < -0.4 is 4.74 Å². The minimum Gasteiger partial charge on any atom is -0.409 e. The number of ether oxygens (including phenoxy) is 1. The van der Waals surface area contributed by atoms with Crippen LogP contribution in [0.2, 0.25) is 0 Å². The van der Waals surface area contributed by atoms with Gasteiger partial charge in [-0.1, -0.05) is 22.6 Å². The molecule has 0 fully saturated rings. The summed E-state index contributed by atoms with van der Waals surface area (Å²) in [5, 5.41) is 0. The van der Waals surface area contributed by atoms with Gasteiger partial charge < -0.3 is 4.74 Å². The minimum absolute atomic E-state index is 0.0394. The van der Waals surface area contributed by atoms with Gasteiger partial charge in [0.05, 0.1) is 12.5 Å². The lowest BCUT2D eigenvalue weighted by molar-refractivity contribution is 0.125. The number of halogens is 1. The summed E-state index contributed by atoms with van der Waals surface area (Å²) in [6.07, 6.45) is 0.0726. The summed E-state index contributed by atoms with van der Waals surface area (Å²) in [5.41, 5.74) is 0. The number of carbonyl (C=O) groups is 1. The Morgan fingerprint density at radius 3 is 2.05 bits per heavy atom. The van der Waals surface area contributed by atoms with Crippen molar-refractivity contribution in [1.29, 1.82) is 0 Å². The smallest absolute Gasteiger partial charge is 0.409 e. The SMILES string of the molecule is CS(=O)(=O)N(CCCl)N(C(=O)Oc1ccccc1)S(C)(=O)=O. The third-order valence-electron chi connectivity index (χ3n) is 2.28. The molecule has 124 valence electrons. The van der Waals surface area contributed by atoms with E-state index in [9.17, 15) is 21.6 Å². The lowest BCUT2D eigenvalue weighted by Crippen LogP contribution is -2.53. The summed E-state index contributed by atoms with van der Waals surface area (Å²) in [6, 6.07) is 7.65. The molecule has 1 aromatic carbocycles. The van der Waals surface area contributed by atoms with Crippen LogP contribution in [0.4, 0.5) is 4.79 Å². The van der Waals surface area contributed by atoms with E-state index in [4.69, 9.17) is 16.3 Å². The first-order chi connectivity index (χ1) is 10.1. The molecule has 0 aliphatic carbocycles. The van der Waals surface area contributed by atoms with Crippen molar-refractivity contribution in [2.45, 2.75) is 0 Å². The highest BCUT2D eigenvalue weighted by atomic mass is 35.5. The van der Waals surface area contributed by atoms with Crippen LogP contribution in [-0.4, -0.2) is 56.7 Å². The number of hydrogen-bond acceptors (Lipinski definition) is 6. The first-order valence-electron chi connectivity index (χ1n) is 5.88. The van der Waals surface area contributed by atoms with Gasteiger partial charge in [-0.2, -0.15) is 0 Å². The van der Waals surface area contributed by atoms with Gasteiger partial charge in [0, 0.05) is 12.4 Å². The second kappa shape index (κ2) is 7.27. The number of sulfonamides is 2. The van der Waals surface area contributed by atoms with Crippen LogP contribution in [0, 0.1) is 0 Å². The van der Waals surface area contributed by atoms with Crippen LogP contribution in [0.1, 0.15) is 0 Å². The molecule has 0 saturated heterocycles. The zero-order valence-electron chi connectivity index (χ0n) is 11.8. The fourth-order valence-electron chi connectivity index (χ4n) is 1.48. The number of amides is 1. The molecule has 8 nitrogen and oxygen atoms in total. The molecule has 0 saturated carbocycles. The van der Waals surface area contributed by atoms with Crippen LogP contribution in [0.5, 0.6) is 5.75 Å². The lowest BCUT2D eigenvalue weighted by Gasteiger charge is -2.29. The molecule has 0 N–H and O–H groups in total. The standard InChI is InChI=1S/C11H15ClN2O6S2/c1-21(16,17)13(9-8-12)14(22(2,18)19)11(15)20-10-6-4-3-5-7-10/h3-7H,8-9H2,1-2H3. The fourth-order valence-corrected chi connectivity index (χ4v) is 3.95. The number of carbonyl (C=O) groups excluding carboxylic acids is 1. The summed E-state index contributed by atoms with van der Waals surface area (Å²) >= 11 is 5.48. The Labute approximate surface area is 134 Å². The van der Waals surface area contributed by atoms with Crippen LogP contribution in [0.3, 0.4) is 0 Å². The zero-order valence-corrected chi connectivity index (χ0v) is 14.2. The molecule has 0 aliphatic rings. The Bertz CT molecular complexity index is 720. The number of para-hydroxylation sites is 1. The highest BCUT2D eigenvalue weighted by molar-refractivity contribution is 7.91. The van der Waals surface area contributed by atoms with Gasteiger partial charge >= 0.3 is 6.09 Å². The Morgan fingerprint density at radius 1 is 1.09 bits per heavy atom. The maximum absolute atomic E-state index is 12.1. The van der Waals surface area contributed by atoms with Gasteiger partial charge in [0.2, 0.25) is 10.0 Å². The van der Waals surface area contributed by atoms with Crippen LogP contribution in [0.15, 0.2) is 30.3 Å². The lowest BCUT2D eigenvalue weighted by atomic mass is 10.3. The molecule has 1 aromatic rings. The van der Waals surface area contributed by atoms with E-state index in [0.29, 0.717) is 10.7 Å². The van der Waals surface area contributed by atoms with Crippen molar-refractivity contribution in [2.24, 2.45) is 0 Å². The molecule has 0 unspecified atom stereocenters. The van der Waals surface area contributed by atoms with Gasteiger partial charge in [0.1, 0.15) is 5.75 Å². The Kier molecular flexibility index (Phi) is 6.17. The van der Waals surface area contributed by atoms with Crippen molar-refractivity contribution in [2.75, 3.05) is 24.9 Å². The molecule has 0 heterocycles. The maximum atomic E-state index is 12.1. The van der Waals surface area contributed by atoms with E-state index in [1.807, 2.05) is 0 Å². The summed E-state index contributed by atoms with van der Waals surface area (Å²) in [4.78, 5) is 12.1. The molecular formula is C11H15ClN2O6S2. The normalized spacial score (nSPS) is 12.2. The third kappa shape index (κ3) is 5.13. The number of nitrogens with zero attached hydrogens (tertiary/aromatic N) is 2.